The van der Waals surface area contributed by atoms with Crippen LogP contribution in [0.2, 0.25) is 10.0 Å². The van der Waals surface area contributed by atoms with E-state index in [1.54, 1.807) is 45.0 Å². The maximum atomic E-state index is 13.9. The van der Waals surface area contributed by atoms with Crippen LogP contribution in [0, 0.1) is 6.92 Å². The highest BCUT2D eigenvalue weighted by molar-refractivity contribution is 7.92. The van der Waals surface area contributed by atoms with Crippen LogP contribution in [0.4, 0.5) is 18.9 Å². The molecule has 0 bridgehead atoms. The van der Waals surface area contributed by atoms with E-state index in [-0.39, 0.29) is 17.5 Å². The van der Waals surface area contributed by atoms with Crippen molar-refractivity contribution in [3.05, 3.63) is 93.5 Å². The summed E-state index contributed by atoms with van der Waals surface area (Å²) in [4.78, 5) is 27.8. The molecule has 0 heterocycles. The van der Waals surface area contributed by atoms with Crippen molar-refractivity contribution in [1.82, 2.24) is 10.2 Å². The normalized spacial score (nSPS) is 12.6. The van der Waals surface area contributed by atoms with Crippen LogP contribution in [-0.4, -0.2) is 43.8 Å². The molecule has 0 saturated heterocycles. The summed E-state index contributed by atoms with van der Waals surface area (Å²) in [6.45, 7) is 5.66. The van der Waals surface area contributed by atoms with E-state index in [9.17, 15) is 31.2 Å². The third-order valence-corrected chi connectivity index (χ3v) is 8.62. The minimum atomic E-state index is -4.89. The van der Waals surface area contributed by atoms with Crippen LogP contribution < -0.4 is 9.62 Å². The first-order valence-electron chi connectivity index (χ1n) is 12.8. The fourth-order valence-corrected chi connectivity index (χ4v) is 5.92. The number of alkyl halides is 3. The summed E-state index contributed by atoms with van der Waals surface area (Å²) < 4.78 is 69.5. The Labute approximate surface area is 253 Å². The zero-order valence-corrected chi connectivity index (χ0v) is 25.6. The fraction of sp³-hybridized carbons (Fsp3) is 0.310. The average molecular weight is 645 g/mol. The van der Waals surface area contributed by atoms with E-state index in [0.717, 1.165) is 22.6 Å². The summed E-state index contributed by atoms with van der Waals surface area (Å²) >= 11 is 11.9. The first kappa shape index (κ1) is 33.2. The van der Waals surface area contributed by atoms with E-state index in [4.69, 9.17) is 23.2 Å². The molecule has 13 heteroatoms. The topological polar surface area (TPSA) is 86.8 Å². The Morgan fingerprint density at radius 3 is 2.17 bits per heavy atom. The minimum absolute atomic E-state index is 0.126. The third kappa shape index (κ3) is 8.17. The Hall–Kier alpha value is -3.28. The SMILES string of the molecule is Cc1ccc(S(=O)(=O)N(CC(=O)N(Cc2cccc(Cl)c2)C(C)C(=O)NC(C)C)c2ccc(Cl)c(C(F)(F)F)c2)cc1. The first-order valence-corrected chi connectivity index (χ1v) is 15.0. The largest absolute Gasteiger partial charge is 0.417 e. The van der Waals surface area contributed by atoms with Crippen molar-refractivity contribution in [1.29, 1.82) is 0 Å². The van der Waals surface area contributed by atoms with E-state index >= 15 is 0 Å². The second-order valence-corrected chi connectivity index (χ2v) is 12.7. The smallest absolute Gasteiger partial charge is 0.352 e. The number of rotatable bonds is 10. The summed E-state index contributed by atoms with van der Waals surface area (Å²) in [5.74, 6) is -1.33. The van der Waals surface area contributed by atoms with Gasteiger partial charge in [-0.05, 0) is 75.7 Å². The molecule has 3 aromatic rings. The molecular formula is C29H30Cl2F3N3O4S. The lowest BCUT2D eigenvalue weighted by Gasteiger charge is -2.32. The molecule has 3 rings (SSSR count). The summed E-state index contributed by atoms with van der Waals surface area (Å²) in [5, 5.41) is 2.47. The van der Waals surface area contributed by atoms with Crippen LogP contribution in [0.5, 0.6) is 0 Å². The van der Waals surface area contributed by atoms with Crippen molar-refractivity contribution in [2.75, 3.05) is 10.8 Å². The van der Waals surface area contributed by atoms with E-state index in [0.29, 0.717) is 21.0 Å². The van der Waals surface area contributed by atoms with Crippen molar-refractivity contribution in [3.8, 4) is 0 Å². The molecule has 0 aromatic heterocycles. The Morgan fingerprint density at radius 2 is 1.60 bits per heavy atom. The van der Waals surface area contributed by atoms with E-state index in [1.165, 1.54) is 31.2 Å². The molecule has 3 aromatic carbocycles. The van der Waals surface area contributed by atoms with Crippen LogP contribution in [0.3, 0.4) is 0 Å². The van der Waals surface area contributed by atoms with Gasteiger partial charge in [-0.2, -0.15) is 13.2 Å². The number of sulfonamides is 1. The highest BCUT2D eigenvalue weighted by Gasteiger charge is 2.37. The zero-order chi connectivity index (χ0) is 31.4. The molecule has 0 radical (unpaired) electrons. The Kier molecular flexibility index (Phi) is 10.6. The number of aryl methyl sites for hydroxylation is 1. The van der Waals surface area contributed by atoms with Crippen molar-refractivity contribution in [3.63, 3.8) is 0 Å². The number of nitrogens with zero attached hydrogens (tertiary/aromatic N) is 2. The zero-order valence-electron chi connectivity index (χ0n) is 23.2. The fourth-order valence-electron chi connectivity index (χ4n) is 4.07. The summed E-state index contributed by atoms with van der Waals surface area (Å²) in [5.41, 5.74) is -0.389. The molecular weight excluding hydrogens is 614 g/mol. The van der Waals surface area contributed by atoms with Crippen molar-refractivity contribution in [2.45, 2.75) is 57.4 Å². The van der Waals surface area contributed by atoms with Gasteiger partial charge in [-0.25, -0.2) is 8.42 Å². The molecule has 0 aliphatic carbocycles. The Balaban J connectivity index is 2.13. The molecule has 0 aliphatic rings. The number of benzene rings is 3. The number of hydrogen-bond acceptors (Lipinski definition) is 4. The molecule has 1 unspecified atom stereocenters. The number of carbonyl (C=O) groups excluding carboxylic acids is 2. The van der Waals surface area contributed by atoms with Gasteiger partial charge in [0.2, 0.25) is 11.8 Å². The lowest BCUT2D eigenvalue weighted by molar-refractivity contribution is -0.139. The van der Waals surface area contributed by atoms with Gasteiger partial charge in [0.05, 0.1) is 21.2 Å². The molecule has 2 amide bonds. The van der Waals surface area contributed by atoms with Crippen molar-refractivity contribution >= 4 is 50.7 Å². The van der Waals surface area contributed by atoms with Gasteiger partial charge in [0.25, 0.3) is 10.0 Å². The molecule has 0 spiro atoms. The summed E-state index contributed by atoms with van der Waals surface area (Å²) in [6, 6.07) is 13.5. The maximum Gasteiger partial charge on any atom is 0.417 e. The summed E-state index contributed by atoms with van der Waals surface area (Å²) in [6.07, 6.45) is -4.89. The van der Waals surface area contributed by atoms with Gasteiger partial charge in [-0.1, -0.05) is 53.0 Å². The third-order valence-electron chi connectivity index (χ3n) is 6.27. The first-order chi connectivity index (χ1) is 19.5. The molecule has 0 fully saturated rings. The van der Waals surface area contributed by atoms with Crippen LogP contribution in [0.25, 0.3) is 0 Å². The van der Waals surface area contributed by atoms with Gasteiger partial charge in [-0.3, -0.25) is 13.9 Å². The molecule has 0 aliphatic heterocycles. The maximum absolute atomic E-state index is 13.9. The second-order valence-electron chi connectivity index (χ2n) is 9.98. The molecule has 1 atom stereocenters. The number of anilines is 1. The molecule has 42 heavy (non-hydrogen) atoms. The molecule has 0 saturated carbocycles. The van der Waals surface area contributed by atoms with Gasteiger partial charge in [0.1, 0.15) is 12.6 Å². The highest BCUT2D eigenvalue weighted by Crippen LogP contribution is 2.38. The summed E-state index contributed by atoms with van der Waals surface area (Å²) in [7, 11) is -4.57. The van der Waals surface area contributed by atoms with E-state index in [2.05, 4.69) is 5.32 Å². The van der Waals surface area contributed by atoms with Gasteiger partial charge < -0.3 is 10.2 Å². The Bertz CT molecular complexity index is 1550. The van der Waals surface area contributed by atoms with Crippen LogP contribution in [0.1, 0.15) is 37.5 Å². The lowest BCUT2D eigenvalue weighted by Crippen LogP contribution is -2.52. The highest BCUT2D eigenvalue weighted by atomic mass is 35.5. The van der Waals surface area contributed by atoms with Gasteiger partial charge in [-0.15, -0.1) is 0 Å². The standard InChI is InChI=1S/C29H30Cl2F3N3O4S/c1-18(2)35-28(39)20(4)36(16-21-6-5-7-22(30)14-21)27(38)17-37(42(40,41)24-11-8-19(3)9-12-24)23-10-13-26(31)25(15-23)29(32,33)34/h5-15,18,20H,16-17H2,1-4H3,(H,35,39). The molecule has 1 N–H and O–H groups in total. The van der Waals surface area contributed by atoms with Gasteiger partial charge in [0, 0.05) is 17.6 Å². The number of hydrogen-bond donors (Lipinski definition) is 1. The van der Waals surface area contributed by atoms with Crippen LogP contribution in [0.15, 0.2) is 71.6 Å². The monoisotopic (exact) mass is 643 g/mol. The molecule has 226 valence electrons. The average Bonchev–Trinajstić information content (AvgIpc) is 2.89. The number of amides is 2. The number of carbonyl (C=O) groups is 2. The lowest BCUT2D eigenvalue weighted by atomic mass is 10.1. The van der Waals surface area contributed by atoms with Crippen LogP contribution >= 0.6 is 23.2 Å². The predicted octanol–water partition coefficient (Wildman–Crippen LogP) is 6.46. The molecule has 7 nitrogen and oxygen atoms in total. The second kappa shape index (κ2) is 13.4. The van der Waals surface area contributed by atoms with Crippen LogP contribution in [-0.2, 0) is 32.3 Å². The van der Waals surface area contributed by atoms with E-state index < -0.39 is 56.9 Å². The van der Waals surface area contributed by atoms with Gasteiger partial charge >= 0.3 is 6.18 Å². The minimum Gasteiger partial charge on any atom is -0.352 e. The number of halogens is 5. The predicted molar refractivity (Wildman–Crippen MR) is 157 cm³/mol. The Morgan fingerprint density at radius 1 is 0.952 bits per heavy atom. The van der Waals surface area contributed by atoms with Gasteiger partial charge in [0.15, 0.2) is 0 Å². The van der Waals surface area contributed by atoms with Crippen molar-refractivity contribution < 1.29 is 31.2 Å². The quantitative estimate of drug-likeness (QED) is 0.275. The van der Waals surface area contributed by atoms with Crippen molar-refractivity contribution in [2.24, 2.45) is 0 Å². The number of nitrogens with one attached hydrogen (secondary N) is 1. The van der Waals surface area contributed by atoms with E-state index in [1.807, 2.05) is 0 Å².